The first-order chi connectivity index (χ1) is 12.0. The van der Waals surface area contributed by atoms with Gasteiger partial charge in [-0.1, -0.05) is 43.5 Å². The predicted octanol–water partition coefficient (Wildman–Crippen LogP) is 6.33. The summed E-state index contributed by atoms with van der Waals surface area (Å²) in [6.07, 6.45) is 4.43. The van der Waals surface area contributed by atoms with Crippen LogP contribution in [0.4, 0.5) is 4.39 Å². The lowest BCUT2D eigenvalue weighted by atomic mass is 9.84. The van der Waals surface area contributed by atoms with Crippen molar-refractivity contribution in [3.05, 3.63) is 47.0 Å². The second-order valence-electron chi connectivity index (χ2n) is 7.34. The van der Waals surface area contributed by atoms with Gasteiger partial charge in [0.05, 0.1) is 5.56 Å². The smallest absolute Gasteiger partial charge is 0.228 e. The summed E-state index contributed by atoms with van der Waals surface area (Å²) >= 11 is 0. The zero-order valence-electron chi connectivity index (χ0n) is 15.6. The number of hydrogen-bond donors (Lipinski definition) is 0. The van der Waals surface area contributed by atoms with E-state index < -0.39 is 12.5 Å². The molecule has 0 N–H and O–H groups in total. The molecule has 134 valence electrons. The van der Waals surface area contributed by atoms with Gasteiger partial charge in [0.15, 0.2) is 0 Å². The normalized spacial score (nSPS) is 14.4. The quantitative estimate of drug-likeness (QED) is 0.571. The first-order valence-corrected chi connectivity index (χ1v) is 9.12. The lowest BCUT2D eigenvalue weighted by molar-refractivity contribution is 0.104. The minimum atomic E-state index is -0.838. The molecule has 0 amide bonds. The van der Waals surface area contributed by atoms with Gasteiger partial charge in [0.25, 0.3) is 0 Å². The fourth-order valence-corrected chi connectivity index (χ4v) is 3.61. The highest BCUT2D eigenvalue weighted by Gasteiger charge is 2.34. The summed E-state index contributed by atoms with van der Waals surface area (Å²) in [6.45, 7) is 7.56. The number of benzene rings is 2. The second-order valence-corrected chi connectivity index (χ2v) is 7.34. The second kappa shape index (κ2) is 7.07. The molecule has 25 heavy (non-hydrogen) atoms. The van der Waals surface area contributed by atoms with Crippen LogP contribution in [0.1, 0.15) is 56.7 Å². The maximum absolute atomic E-state index is 13.0. The van der Waals surface area contributed by atoms with E-state index in [0.29, 0.717) is 5.75 Å². The zero-order valence-corrected chi connectivity index (χ0v) is 15.6. The van der Waals surface area contributed by atoms with Crippen molar-refractivity contribution in [2.24, 2.45) is 0 Å². The molecule has 0 unspecified atom stereocenters. The van der Waals surface area contributed by atoms with Crippen LogP contribution in [0.2, 0.25) is 0 Å². The minimum Gasteiger partial charge on any atom is -0.482 e. The molecule has 0 aliphatic carbocycles. The molecular weight excluding hydrogens is 315 g/mol. The Morgan fingerprint density at radius 2 is 1.92 bits per heavy atom. The molecule has 0 saturated carbocycles. The summed E-state index contributed by atoms with van der Waals surface area (Å²) in [6, 6.07) is 10.4. The van der Waals surface area contributed by atoms with Crippen molar-refractivity contribution in [3.8, 4) is 22.6 Å². The summed E-state index contributed by atoms with van der Waals surface area (Å²) < 4.78 is 24.7. The predicted molar refractivity (Wildman–Crippen MR) is 100 cm³/mol. The fourth-order valence-electron chi connectivity index (χ4n) is 3.61. The molecule has 0 saturated heterocycles. The van der Waals surface area contributed by atoms with Gasteiger partial charge >= 0.3 is 0 Å². The number of rotatable bonds is 6. The average molecular weight is 342 g/mol. The van der Waals surface area contributed by atoms with Crippen LogP contribution >= 0.6 is 0 Å². The van der Waals surface area contributed by atoms with Crippen molar-refractivity contribution in [2.75, 3.05) is 6.86 Å². The van der Waals surface area contributed by atoms with E-state index in [0.717, 1.165) is 40.8 Å². The van der Waals surface area contributed by atoms with Gasteiger partial charge in [-0.15, -0.1) is 0 Å². The van der Waals surface area contributed by atoms with Crippen LogP contribution in [0.5, 0.6) is 11.5 Å². The van der Waals surface area contributed by atoms with Crippen LogP contribution in [0.3, 0.4) is 0 Å². The van der Waals surface area contributed by atoms with Gasteiger partial charge < -0.3 is 9.47 Å². The molecule has 2 aromatic rings. The molecule has 1 heterocycles. The number of hydrogen-bond acceptors (Lipinski definition) is 2. The van der Waals surface area contributed by atoms with Crippen molar-refractivity contribution in [3.63, 3.8) is 0 Å². The van der Waals surface area contributed by atoms with E-state index in [9.17, 15) is 4.39 Å². The number of unbranched alkanes of at least 4 members (excludes halogenated alkanes) is 2. The highest BCUT2D eigenvalue weighted by atomic mass is 19.1. The fraction of sp³-hybridized carbons (Fsp3) is 0.455. The molecule has 0 fully saturated rings. The van der Waals surface area contributed by atoms with Crippen LogP contribution in [0.15, 0.2) is 30.3 Å². The van der Waals surface area contributed by atoms with E-state index in [4.69, 9.17) is 9.47 Å². The lowest BCUT2D eigenvalue weighted by Gasteiger charge is -2.36. The van der Waals surface area contributed by atoms with E-state index in [2.05, 4.69) is 52.0 Å². The van der Waals surface area contributed by atoms with E-state index in [1.54, 1.807) is 0 Å². The van der Waals surface area contributed by atoms with Gasteiger partial charge in [0.2, 0.25) is 6.86 Å². The minimum absolute atomic E-state index is 0.426. The third kappa shape index (κ3) is 3.51. The molecule has 0 atom stereocenters. The van der Waals surface area contributed by atoms with Crippen LogP contribution in [0.25, 0.3) is 11.1 Å². The Bertz CT molecular complexity index is 765. The van der Waals surface area contributed by atoms with Gasteiger partial charge in [-0.2, -0.15) is 0 Å². The first-order valence-electron chi connectivity index (χ1n) is 9.12. The van der Waals surface area contributed by atoms with Crippen LogP contribution in [0, 0.1) is 6.92 Å². The SMILES string of the molecule is CCCCCc1cc(OCF)c2c(c1)OC(C)(C)c1ccc(C)cc1-2. The third-order valence-corrected chi connectivity index (χ3v) is 4.86. The summed E-state index contributed by atoms with van der Waals surface area (Å²) in [4.78, 5) is 0. The van der Waals surface area contributed by atoms with Crippen LogP contribution in [-0.4, -0.2) is 6.86 Å². The maximum atomic E-state index is 13.0. The Morgan fingerprint density at radius 3 is 2.64 bits per heavy atom. The Labute approximate surface area is 150 Å². The summed E-state index contributed by atoms with van der Waals surface area (Å²) in [5.41, 5.74) is 4.94. The molecular formula is C22H27FO2. The molecule has 0 bridgehead atoms. The molecule has 3 heteroatoms. The Morgan fingerprint density at radius 1 is 1.12 bits per heavy atom. The topological polar surface area (TPSA) is 18.5 Å². The number of alkyl halides is 1. The number of fused-ring (bicyclic) bond motifs is 3. The van der Waals surface area contributed by atoms with E-state index in [1.165, 1.54) is 18.4 Å². The molecule has 1 aliphatic rings. The molecule has 0 aromatic heterocycles. The van der Waals surface area contributed by atoms with Gasteiger partial charge in [-0.05, 0) is 56.9 Å². The highest BCUT2D eigenvalue weighted by Crippen LogP contribution is 2.50. The van der Waals surface area contributed by atoms with Crippen molar-refractivity contribution >= 4 is 0 Å². The van der Waals surface area contributed by atoms with Crippen molar-refractivity contribution in [2.45, 2.75) is 59.0 Å². The van der Waals surface area contributed by atoms with Gasteiger partial charge in [-0.3, -0.25) is 0 Å². The summed E-state index contributed by atoms with van der Waals surface area (Å²) in [5.74, 6) is 1.37. The first kappa shape index (κ1) is 17.8. The Kier molecular flexibility index (Phi) is 5.03. The summed E-state index contributed by atoms with van der Waals surface area (Å²) in [5, 5.41) is 0. The van der Waals surface area contributed by atoms with E-state index in [1.807, 2.05) is 6.07 Å². The van der Waals surface area contributed by atoms with Gasteiger partial charge in [0, 0.05) is 5.56 Å². The summed E-state index contributed by atoms with van der Waals surface area (Å²) in [7, 11) is 0. The van der Waals surface area contributed by atoms with E-state index >= 15 is 0 Å². The van der Waals surface area contributed by atoms with Crippen molar-refractivity contribution < 1.29 is 13.9 Å². The number of aryl methyl sites for hydroxylation is 2. The van der Waals surface area contributed by atoms with Crippen molar-refractivity contribution in [1.82, 2.24) is 0 Å². The standard InChI is InChI=1S/C22H27FO2/c1-5-6-7-8-16-12-19(24-14-23)21-17-11-15(2)9-10-18(17)22(3,4)25-20(21)13-16/h9-13H,5-8,14H2,1-4H3. The molecule has 0 radical (unpaired) electrons. The number of halogens is 1. The molecule has 2 aromatic carbocycles. The highest BCUT2D eigenvalue weighted by molar-refractivity contribution is 5.82. The molecule has 3 rings (SSSR count). The van der Waals surface area contributed by atoms with Gasteiger partial charge in [-0.25, -0.2) is 4.39 Å². The van der Waals surface area contributed by atoms with E-state index in [-0.39, 0.29) is 0 Å². The third-order valence-electron chi connectivity index (χ3n) is 4.86. The van der Waals surface area contributed by atoms with Crippen molar-refractivity contribution in [1.29, 1.82) is 0 Å². The lowest BCUT2D eigenvalue weighted by Crippen LogP contribution is -2.29. The Hall–Kier alpha value is -2.03. The van der Waals surface area contributed by atoms with Crippen LogP contribution < -0.4 is 9.47 Å². The average Bonchev–Trinajstić information content (AvgIpc) is 2.54. The van der Waals surface area contributed by atoms with Gasteiger partial charge in [0.1, 0.15) is 17.1 Å². The molecule has 1 aliphatic heterocycles. The van der Waals surface area contributed by atoms with Crippen LogP contribution in [-0.2, 0) is 12.0 Å². The maximum Gasteiger partial charge on any atom is 0.228 e. The molecule has 2 nitrogen and oxygen atoms in total. The molecule has 0 spiro atoms. The Balaban J connectivity index is 2.13. The monoisotopic (exact) mass is 342 g/mol. The zero-order chi connectivity index (χ0) is 18.0. The number of ether oxygens (including phenoxy) is 2. The largest absolute Gasteiger partial charge is 0.482 e.